The molecule has 0 bridgehead atoms. The highest BCUT2D eigenvalue weighted by Crippen LogP contribution is 2.20. The Morgan fingerprint density at radius 2 is 2.24 bits per heavy atom. The van der Waals surface area contributed by atoms with Gasteiger partial charge in [-0.1, -0.05) is 30.7 Å². The van der Waals surface area contributed by atoms with Gasteiger partial charge < -0.3 is 9.84 Å². The number of benzene rings is 1. The van der Waals surface area contributed by atoms with Gasteiger partial charge >= 0.3 is 5.97 Å². The van der Waals surface area contributed by atoms with Crippen LogP contribution in [0.1, 0.15) is 24.5 Å². The van der Waals surface area contributed by atoms with E-state index in [1.54, 1.807) is 6.07 Å². The lowest BCUT2D eigenvalue weighted by atomic mass is 10.0. The predicted octanol–water partition coefficient (Wildman–Crippen LogP) is 3.07. The number of ether oxygens (including phenoxy) is 1. The number of hydrogen-bond donors (Lipinski definition) is 1. The van der Waals surface area contributed by atoms with Crippen LogP contribution in [0, 0.1) is 6.92 Å². The summed E-state index contributed by atoms with van der Waals surface area (Å²) in [5, 5.41) is 9.72. The molecule has 17 heavy (non-hydrogen) atoms. The van der Waals surface area contributed by atoms with Gasteiger partial charge in [0, 0.05) is 18.1 Å². The monoisotopic (exact) mass is 256 g/mol. The largest absolute Gasteiger partial charge is 0.479 e. The smallest absolute Gasteiger partial charge is 0.333 e. The average molecular weight is 257 g/mol. The van der Waals surface area contributed by atoms with Crippen LogP contribution < -0.4 is 0 Å². The maximum Gasteiger partial charge on any atom is 0.333 e. The van der Waals surface area contributed by atoms with Gasteiger partial charge in [-0.05, 0) is 30.5 Å². The Balaban J connectivity index is 2.78. The lowest BCUT2D eigenvalue weighted by Gasteiger charge is -2.15. The van der Waals surface area contributed by atoms with Gasteiger partial charge in [0.25, 0.3) is 0 Å². The van der Waals surface area contributed by atoms with Crippen molar-refractivity contribution in [2.75, 3.05) is 6.61 Å². The van der Waals surface area contributed by atoms with E-state index in [9.17, 15) is 4.79 Å². The van der Waals surface area contributed by atoms with Crippen LogP contribution in [-0.2, 0) is 16.0 Å². The van der Waals surface area contributed by atoms with Gasteiger partial charge in [0.1, 0.15) is 0 Å². The van der Waals surface area contributed by atoms with Crippen molar-refractivity contribution < 1.29 is 14.6 Å². The zero-order valence-corrected chi connectivity index (χ0v) is 10.8. The number of carboxylic acids is 1. The summed E-state index contributed by atoms with van der Waals surface area (Å²) < 4.78 is 5.31. The summed E-state index contributed by atoms with van der Waals surface area (Å²) in [7, 11) is 0. The Labute approximate surface area is 106 Å². The first-order valence-corrected chi connectivity index (χ1v) is 6.02. The van der Waals surface area contributed by atoms with E-state index in [1.165, 1.54) is 0 Å². The van der Waals surface area contributed by atoms with Gasteiger partial charge in [0.15, 0.2) is 6.10 Å². The molecule has 94 valence electrons. The molecule has 1 N–H and O–H groups in total. The second-order valence-corrected chi connectivity index (χ2v) is 4.33. The number of aliphatic carboxylic acids is 1. The number of hydrogen-bond acceptors (Lipinski definition) is 2. The highest BCUT2D eigenvalue weighted by Gasteiger charge is 2.19. The van der Waals surface area contributed by atoms with Crippen molar-refractivity contribution in [2.45, 2.75) is 32.8 Å². The van der Waals surface area contributed by atoms with Gasteiger partial charge in [0.2, 0.25) is 0 Å². The second-order valence-electron chi connectivity index (χ2n) is 3.93. The van der Waals surface area contributed by atoms with Crippen molar-refractivity contribution in [1.82, 2.24) is 0 Å². The molecule has 0 fully saturated rings. The van der Waals surface area contributed by atoms with E-state index in [0.29, 0.717) is 18.1 Å². The van der Waals surface area contributed by atoms with Gasteiger partial charge in [-0.3, -0.25) is 0 Å². The van der Waals surface area contributed by atoms with Crippen molar-refractivity contribution in [3.8, 4) is 0 Å². The summed E-state index contributed by atoms with van der Waals surface area (Å²) in [6.07, 6.45) is 0.354. The topological polar surface area (TPSA) is 46.5 Å². The molecule has 0 heterocycles. The number of carbonyl (C=O) groups is 1. The van der Waals surface area contributed by atoms with Gasteiger partial charge in [-0.25, -0.2) is 4.79 Å². The molecular formula is C13H17ClO3. The lowest BCUT2D eigenvalue weighted by molar-refractivity contribution is -0.150. The molecule has 0 saturated carbocycles. The van der Waals surface area contributed by atoms with Crippen LogP contribution in [0.3, 0.4) is 0 Å². The minimum absolute atomic E-state index is 0.349. The van der Waals surface area contributed by atoms with Crippen LogP contribution in [0.25, 0.3) is 0 Å². The molecule has 0 amide bonds. The zero-order valence-electron chi connectivity index (χ0n) is 10.1. The summed E-state index contributed by atoms with van der Waals surface area (Å²) >= 11 is 5.99. The van der Waals surface area contributed by atoms with E-state index >= 15 is 0 Å². The number of rotatable bonds is 6. The molecule has 0 radical (unpaired) electrons. The molecule has 0 aliphatic rings. The Morgan fingerprint density at radius 3 is 2.82 bits per heavy atom. The first-order chi connectivity index (χ1) is 8.06. The minimum atomic E-state index is -0.933. The van der Waals surface area contributed by atoms with E-state index < -0.39 is 12.1 Å². The normalized spacial score (nSPS) is 12.4. The maximum atomic E-state index is 11.0. The quantitative estimate of drug-likeness (QED) is 0.851. The Bertz CT molecular complexity index is 390. The molecule has 0 aliphatic carbocycles. The highest BCUT2D eigenvalue weighted by atomic mass is 35.5. The van der Waals surface area contributed by atoms with E-state index in [-0.39, 0.29) is 0 Å². The van der Waals surface area contributed by atoms with Crippen molar-refractivity contribution in [3.05, 3.63) is 34.3 Å². The standard InChI is InChI=1S/C13H17ClO3/c1-3-7-17-12(13(15)16)8-10-5-4-6-11(14)9(10)2/h4-6,12H,3,7-8H2,1-2H3,(H,15,16)/t12-/m1/s1. The second kappa shape index (κ2) is 6.62. The van der Waals surface area contributed by atoms with E-state index in [1.807, 2.05) is 26.0 Å². The van der Waals surface area contributed by atoms with E-state index in [2.05, 4.69) is 0 Å². The lowest BCUT2D eigenvalue weighted by Crippen LogP contribution is -2.27. The first-order valence-electron chi connectivity index (χ1n) is 5.64. The Kier molecular flexibility index (Phi) is 5.45. The number of halogens is 1. The molecule has 0 aliphatic heterocycles. The van der Waals surface area contributed by atoms with Gasteiger partial charge in [0.05, 0.1) is 0 Å². The third-order valence-corrected chi connectivity index (χ3v) is 2.99. The fourth-order valence-electron chi connectivity index (χ4n) is 1.55. The molecule has 1 aromatic carbocycles. The number of carboxylic acid groups (broad SMARTS) is 1. The predicted molar refractivity (Wildman–Crippen MR) is 67.6 cm³/mol. The fraction of sp³-hybridized carbons (Fsp3) is 0.462. The van der Waals surface area contributed by atoms with Crippen LogP contribution in [0.5, 0.6) is 0 Å². The van der Waals surface area contributed by atoms with E-state index in [0.717, 1.165) is 17.5 Å². The molecule has 1 atom stereocenters. The fourth-order valence-corrected chi connectivity index (χ4v) is 1.74. The van der Waals surface area contributed by atoms with Crippen LogP contribution >= 0.6 is 11.6 Å². The van der Waals surface area contributed by atoms with Gasteiger partial charge in [-0.2, -0.15) is 0 Å². The Hall–Kier alpha value is -1.06. The molecule has 0 unspecified atom stereocenters. The molecule has 0 saturated heterocycles. The molecule has 1 rings (SSSR count). The molecule has 1 aromatic rings. The van der Waals surface area contributed by atoms with Crippen LogP contribution in [0.15, 0.2) is 18.2 Å². The third kappa shape index (κ3) is 4.02. The minimum Gasteiger partial charge on any atom is -0.479 e. The highest BCUT2D eigenvalue weighted by molar-refractivity contribution is 6.31. The molecule has 3 nitrogen and oxygen atoms in total. The Morgan fingerprint density at radius 1 is 1.53 bits per heavy atom. The van der Waals surface area contributed by atoms with Crippen LogP contribution in [0.4, 0.5) is 0 Å². The first kappa shape index (κ1) is 14.0. The van der Waals surface area contributed by atoms with Crippen molar-refractivity contribution >= 4 is 17.6 Å². The van der Waals surface area contributed by atoms with Crippen molar-refractivity contribution in [3.63, 3.8) is 0 Å². The maximum absolute atomic E-state index is 11.0. The zero-order chi connectivity index (χ0) is 12.8. The third-order valence-electron chi connectivity index (χ3n) is 2.58. The summed E-state index contributed by atoms with van der Waals surface area (Å²) in [6, 6.07) is 5.50. The molecule has 4 heteroatoms. The van der Waals surface area contributed by atoms with Crippen molar-refractivity contribution in [1.29, 1.82) is 0 Å². The van der Waals surface area contributed by atoms with E-state index in [4.69, 9.17) is 21.4 Å². The molecule has 0 spiro atoms. The average Bonchev–Trinajstić information content (AvgIpc) is 2.29. The van der Waals surface area contributed by atoms with Crippen LogP contribution in [0.2, 0.25) is 5.02 Å². The van der Waals surface area contributed by atoms with Crippen molar-refractivity contribution in [2.24, 2.45) is 0 Å². The van der Waals surface area contributed by atoms with Gasteiger partial charge in [-0.15, -0.1) is 0 Å². The summed E-state index contributed by atoms with van der Waals surface area (Å²) in [5.74, 6) is -0.933. The summed E-state index contributed by atoms with van der Waals surface area (Å²) in [4.78, 5) is 11.0. The van der Waals surface area contributed by atoms with Crippen LogP contribution in [-0.4, -0.2) is 23.8 Å². The molecule has 0 aromatic heterocycles. The molecular weight excluding hydrogens is 240 g/mol. The summed E-state index contributed by atoms with van der Waals surface area (Å²) in [6.45, 7) is 4.29. The SMILES string of the molecule is CCCO[C@H](Cc1cccc(Cl)c1C)C(=O)O. The summed E-state index contributed by atoms with van der Waals surface area (Å²) in [5.41, 5.74) is 1.83.